The zero-order chi connectivity index (χ0) is 13.1. The van der Waals surface area contributed by atoms with Crippen LogP contribution in [0.5, 0.6) is 0 Å². The predicted molar refractivity (Wildman–Crippen MR) is 68.1 cm³/mol. The molecule has 0 saturated carbocycles. The number of hydrogen-bond donors (Lipinski definition) is 1. The van der Waals surface area contributed by atoms with Crippen molar-refractivity contribution >= 4 is 5.91 Å². The van der Waals surface area contributed by atoms with Gasteiger partial charge in [-0.25, -0.2) is 4.98 Å². The maximum atomic E-state index is 12.0. The summed E-state index contributed by atoms with van der Waals surface area (Å²) in [6, 6.07) is 3.73. The van der Waals surface area contributed by atoms with Crippen molar-refractivity contribution in [2.45, 2.75) is 19.9 Å². The summed E-state index contributed by atoms with van der Waals surface area (Å²) in [6.07, 6.45) is 4.88. The van der Waals surface area contributed by atoms with Gasteiger partial charge in [0.2, 0.25) is 0 Å². The lowest BCUT2D eigenvalue weighted by atomic mass is 10.1. The Bertz CT molecular complexity index is 562. The highest BCUT2D eigenvalue weighted by Crippen LogP contribution is 2.14. The maximum Gasteiger partial charge on any atom is 0.270 e. The zero-order valence-corrected chi connectivity index (χ0v) is 10.7. The molecule has 0 aliphatic heterocycles. The van der Waals surface area contributed by atoms with Gasteiger partial charge in [-0.05, 0) is 25.5 Å². The molecule has 0 aromatic carbocycles. The van der Waals surface area contributed by atoms with E-state index in [1.165, 1.54) is 0 Å². The Morgan fingerprint density at radius 2 is 2.28 bits per heavy atom. The SMILES string of the molecule is Cc1cccnc1[C@@H](C)NC(=O)c1cncn1C. The summed E-state index contributed by atoms with van der Waals surface area (Å²) < 4.78 is 1.69. The molecule has 0 radical (unpaired) electrons. The number of imidazole rings is 1. The molecule has 5 nitrogen and oxygen atoms in total. The minimum atomic E-state index is -0.146. The minimum absolute atomic E-state index is 0.131. The molecule has 18 heavy (non-hydrogen) atoms. The molecule has 2 rings (SSSR count). The lowest BCUT2D eigenvalue weighted by Gasteiger charge is -2.15. The fourth-order valence-corrected chi connectivity index (χ4v) is 1.87. The van der Waals surface area contributed by atoms with Crippen LogP contribution in [-0.2, 0) is 7.05 Å². The molecule has 0 bridgehead atoms. The molecule has 5 heteroatoms. The first-order valence-corrected chi connectivity index (χ1v) is 5.78. The number of rotatable bonds is 3. The average Bonchev–Trinajstić information content (AvgIpc) is 2.76. The molecule has 0 saturated heterocycles. The summed E-state index contributed by atoms with van der Waals surface area (Å²) in [5.74, 6) is -0.146. The van der Waals surface area contributed by atoms with E-state index in [0.29, 0.717) is 5.69 Å². The number of hydrogen-bond acceptors (Lipinski definition) is 3. The van der Waals surface area contributed by atoms with Gasteiger partial charge < -0.3 is 9.88 Å². The quantitative estimate of drug-likeness (QED) is 0.892. The van der Waals surface area contributed by atoms with Gasteiger partial charge in [0.15, 0.2) is 0 Å². The standard InChI is InChI=1S/C13H16N4O/c1-9-5-4-6-15-12(9)10(2)16-13(18)11-7-14-8-17(11)3/h4-8,10H,1-3H3,(H,16,18)/t10-/m1/s1. The van der Waals surface area contributed by atoms with Crippen molar-refractivity contribution in [1.82, 2.24) is 19.9 Å². The molecular weight excluding hydrogens is 228 g/mol. The number of carbonyl (C=O) groups excluding carboxylic acids is 1. The molecular formula is C13H16N4O. The molecule has 0 fully saturated rings. The van der Waals surface area contributed by atoms with E-state index in [1.807, 2.05) is 26.0 Å². The predicted octanol–water partition coefficient (Wildman–Crippen LogP) is 1.61. The molecule has 94 valence electrons. The van der Waals surface area contributed by atoms with Gasteiger partial charge in [-0.2, -0.15) is 0 Å². The topological polar surface area (TPSA) is 59.8 Å². The van der Waals surface area contributed by atoms with E-state index >= 15 is 0 Å². The van der Waals surface area contributed by atoms with Gasteiger partial charge in [0.25, 0.3) is 5.91 Å². The van der Waals surface area contributed by atoms with Crippen LogP contribution >= 0.6 is 0 Å². The number of nitrogens with one attached hydrogen (secondary N) is 1. The van der Waals surface area contributed by atoms with Crippen molar-refractivity contribution < 1.29 is 4.79 Å². The van der Waals surface area contributed by atoms with Crippen molar-refractivity contribution in [2.24, 2.45) is 7.05 Å². The average molecular weight is 244 g/mol. The second-order valence-corrected chi connectivity index (χ2v) is 4.29. The van der Waals surface area contributed by atoms with Crippen LogP contribution in [-0.4, -0.2) is 20.4 Å². The maximum absolute atomic E-state index is 12.0. The van der Waals surface area contributed by atoms with Crippen LogP contribution in [0.15, 0.2) is 30.9 Å². The van der Waals surface area contributed by atoms with Gasteiger partial charge in [-0.15, -0.1) is 0 Å². The lowest BCUT2D eigenvalue weighted by molar-refractivity contribution is 0.0931. The molecule has 2 aromatic rings. The first-order chi connectivity index (χ1) is 8.59. The van der Waals surface area contributed by atoms with Crippen LogP contribution in [0.2, 0.25) is 0 Å². The minimum Gasteiger partial charge on any atom is -0.343 e. The Labute approximate surface area is 106 Å². The Kier molecular flexibility index (Phi) is 3.41. The molecule has 0 unspecified atom stereocenters. The number of nitrogens with zero attached hydrogens (tertiary/aromatic N) is 3. The number of aromatic nitrogens is 3. The normalized spacial score (nSPS) is 12.2. The fourth-order valence-electron chi connectivity index (χ4n) is 1.87. The molecule has 1 atom stereocenters. The summed E-state index contributed by atoms with van der Waals surface area (Å²) >= 11 is 0. The van der Waals surface area contributed by atoms with Crippen LogP contribution in [0, 0.1) is 6.92 Å². The third-order valence-electron chi connectivity index (χ3n) is 2.86. The first kappa shape index (κ1) is 12.3. The van der Waals surface area contributed by atoms with Crippen LogP contribution < -0.4 is 5.32 Å². The van der Waals surface area contributed by atoms with E-state index in [1.54, 1.807) is 30.3 Å². The molecule has 1 amide bonds. The Balaban J connectivity index is 2.13. The van der Waals surface area contributed by atoms with Crippen molar-refractivity contribution in [3.05, 3.63) is 47.8 Å². The third kappa shape index (κ3) is 2.40. The van der Waals surface area contributed by atoms with Gasteiger partial charge in [0.1, 0.15) is 5.69 Å². The zero-order valence-electron chi connectivity index (χ0n) is 10.7. The van der Waals surface area contributed by atoms with Crippen molar-refractivity contribution in [2.75, 3.05) is 0 Å². The fraction of sp³-hybridized carbons (Fsp3) is 0.308. The van der Waals surface area contributed by atoms with Crippen molar-refractivity contribution in [3.63, 3.8) is 0 Å². The number of aryl methyl sites for hydroxylation is 2. The number of amides is 1. The summed E-state index contributed by atoms with van der Waals surface area (Å²) in [4.78, 5) is 20.2. The van der Waals surface area contributed by atoms with E-state index in [2.05, 4.69) is 15.3 Å². The van der Waals surface area contributed by atoms with Crippen LogP contribution in [0.1, 0.15) is 34.7 Å². The smallest absolute Gasteiger partial charge is 0.270 e. The Hall–Kier alpha value is -2.17. The van der Waals surface area contributed by atoms with E-state index in [9.17, 15) is 4.79 Å². The van der Waals surface area contributed by atoms with Crippen LogP contribution in [0.3, 0.4) is 0 Å². The highest BCUT2D eigenvalue weighted by molar-refractivity contribution is 5.92. The van der Waals surface area contributed by atoms with Crippen molar-refractivity contribution in [3.8, 4) is 0 Å². The Morgan fingerprint density at radius 3 is 2.89 bits per heavy atom. The second-order valence-electron chi connectivity index (χ2n) is 4.29. The Morgan fingerprint density at radius 1 is 1.50 bits per heavy atom. The summed E-state index contributed by atoms with van der Waals surface area (Å²) in [6.45, 7) is 3.90. The van der Waals surface area contributed by atoms with Crippen LogP contribution in [0.4, 0.5) is 0 Å². The molecule has 0 aliphatic carbocycles. The number of carbonyl (C=O) groups is 1. The van der Waals surface area contributed by atoms with Crippen molar-refractivity contribution in [1.29, 1.82) is 0 Å². The molecule has 1 N–H and O–H groups in total. The summed E-state index contributed by atoms with van der Waals surface area (Å²) in [7, 11) is 1.79. The molecule has 0 spiro atoms. The molecule has 0 aliphatic rings. The van der Waals surface area contributed by atoms with Gasteiger partial charge in [0.05, 0.1) is 24.3 Å². The highest BCUT2D eigenvalue weighted by atomic mass is 16.2. The number of pyridine rings is 1. The van der Waals surface area contributed by atoms with E-state index < -0.39 is 0 Å². The monoisotopic (exact) mass is 244 g/mol. The van der Waals surface area contributed by atoms with E-state index in [-0.39, 0.29) is 11.9 Å². The molecule has 2 aromatic heterocycles. The summed E-state index contributed by atoms with van der Waals surface area (Å²) in [5.41, 5.74) is 2.48. The van der Waals surface area contributed by atoms with Gasteiger partial charge in [-0.3, -0.25) is 9.78 Å². The van der Waals surface area contributed by atoms with Gasteiger partial charge in [-0.1, -0.05) is 6.07 Å². The second kappa shape index (κ2) is 5.00. The van der Waals surface area contributed by atoms with Gasteiger partial charge in [0, 0.05) is 13.2 Å². The summed E-state index contributed by atoms with van der Waals surface area (Å²) in [5, 5.41) is 2.92. The largest absolute Gasteiger partial charge is 0.343 e. The van der Waals surface area contributed by atoms with Crippen LogP contribution in [0.25, 0.3) is 0 Å². The third-order valence-corrected chi connectivity index (χ3v) is 2.86. The van der Waals surface area contributed by atoms with E-state index in [0.717, 1.165) is 11.3 Å². The van der Waals surface area contributed by atoms with E-state index in [4.69, 9.17) is 0 Å². The first-order valence-electron chi connectivity index (χ1n) is 5.78. The highest BCUT2D eigenvalue weighted by Gasteiger charge is 2.15. The van der Waals surface area contributed by atoms with Gasteiger partial charge >= 0.3 is 0 Å². The lowest BCUT2D eigenvalue weighted by Crippen LogP contribution is -2.29. The molecule has 2 heterocycles.